The van der Waals surface area contributed by atoms with Gasteiger partial charge in [-0.05, 0) is 48.9 Å². The zero-order chi connectivity index (χ0) is 19.6. The third-order valence-electron chi connectivity index (χ3n) is 4.33. The number of benzene rings is 2. The van der Waals surface area contributed by atoms with Gasteiger partial charge in [0.05, 0.1) is 21.3 Å². The molecule has 27 heavy (non-hydrogen) atoms. The van der Waals surface area contributed by atoms with E-state index < -0.39 is 0 Å². The van der Waals surface area contributed by atoms with Crippen LogP contribution in [0.3, 0.4) is 0 Å². The van der Waals surface area contributed by atoms with Gasteiger partial charge in [-0.2, -0.15) is 0 Å². The lowest BCUT2D eigenvalue weighted by Gasteiger charge is -2.13. The Morgan fingerprint density at radius 1 is 1.04 bits per heavy atom. The van der Waals surface area contributed by atoms with Crippen LogP contribution in [-0.4, -0.2) is 32.1 Å². The summed E-state index contributed by atoms with van der Waals surface area (Å²) < 4.78 is 29.4. The number of fused-ring (bicyclic) bond motifs is 1. The minimum Gasteiger partial charge on any atom is -0.493 e. The van der Waals surface area contributed by atoms with Crippen LogP contribution in [-0.2, 0) is 0 Å². The normalized spacial score (nSPS) is 11.5. The number of methoxy groups -OCH3 is 3. The second-order valence-corrected chi connectivity index (χ2v) is 6.00. The summed E-state index contributed by atoms with van der Waals surface area (Å²) in [7, 11) is 4.49. The Labute approximate surface area is 156 Å². The fourth-order valence-corrected chi connectivity index (χ4v) is 2.97. The Morgan fingerprint density at radius 3 is 2.30 bits per heavy atom. The Bertz CT molecular complexity index is 1010. The molecule has 0 saturated carbocycles. The molecule has 140 valence electrons. The SMILES string of the molecule is COc1cc(C(=O)C(C)=Cc2c[nH]c3ccc(F)cc23)cc(OC)c1OC. The highest BCUT2D eigenvalue weighted by atomic mass is 19.1. The molecule has 0 aliphatic heterocycles. The van der Waals surface area contributed by atoms with E-state index in [0.717, 1.165) is 11.1 Å². The van der Waals surface area contributed by atoms with Crippen LogP contribution >= 0.6 is 0 Å². The van der Waals surface area contributed by atoms with Crippen LogP contribution in [0.5, 0.6) is 17.2 Å². The van der Waals surface area contributed by atoms with Crippen LogP contribution in [0.15, 0.2) is 42.1 Å². The molecule has 5 nitrogen and oxygen atoms in total. The summed E-state index contributed by atoms with van der Waals surface area (Å²) in [4.78, 5) is 16.0. The topological polar surface area (TPSA) is 60.6 Å². The largest absolute Gasteiger partial charge is 0.493 e. The first-order valence-electron chi connectivity index (χ1n) is 8.28. The van der Waals surface area contributed by atoms with Gasteiger partial charge in [0.25, 0.3) is 0 Å². The molecule has 0 radical (unpaired) electrons. The van der Waals surface area contributed by atoms with Crippen LogP contribution in [0.1, 0.15) is 22.8 Å². The van der Waals surface area contributed by atoms with Crippen molar-refractivity contribution in [2.75, 3.05) is 21.3 Å². The second kappa shape index (κ2) is 7.53. The molecule has 3 rings (SSSR count). The molecule has 0 aliphatic carbocycles. The molecular weight excluding hydrogens is 349 g/mol. The molecule has 1 N–H and O–H groups in total. The van der Waals surface area contributed by atoms with Gasteiger partial charge in [0.2, 0.25) is 5.75 Å². The number of hydrogen-bond donors (Lipinski definition) is 1. The molecule has 6 heteroatoms. The third kappa shape index (κ3) is 3.51. The van der Waals surface area contributed by atoms with E-state index in [4.69, 9.17) is 14.2 Å². The predicted octanol–water partition coefficient (Wildman–Crippen LogP) is 4.62. The number of carbonyl (C=O) groups is 1. The maximum Gasteiger partial charge on any atom is 0.203 e. The maximum absolute atomic E-state index is 13.6. The molecule has 2 aromatic carbocycles. The number of ketones is 1. The number of allylic oxidation sites excluding steroid dienone is 1. The van der Waals surface area contributed by atoms with Crippen LogP contribution in [0.4, 0.5) is 4.39 Å². The van der Waals surface area contributed by atoms with Gasteiger partial charge >= 0.3 is 0 Å². The van der Waals surface area contributed by atoms with E-state index in [9.17, 15) is 9.18 Å². The fourth-order valence-electron chi connectivity index (χ4n) is 2.97. The molecule has 1 heterocycles. The fraction of sp³-hybridized carbons (Fsp3) is 0.190. The van der Waals surface area contributed by atoms with Crippen molar-refractivity contribution in [3.05, 3.63) is 59.0 Å². The van der Waals surface area contributed by atoms with Gasteiger partial charge in [-0.25, -0.2) is 4.39 Å². The van der Waals surface area contributed by atoms with Crippen molar-refractivity contribution in [2.24, 2.45) is 0 Å². The summed E-state index contributed by atoms with van der Waals surface area (Å²) in [6.45, 7) is 1.71. The van der Waals surface area contributed by atoms with Crippen molar-refractivity contribution >= 4 is 22.8 Å². The van der Waals surface area contributed by atoms with Crippen LogP contribution in [0, 0.1) is 5.82 Å². The Kier molecular flexibility index (Phi) is 5.16. The molecule has 0 saturated heterocycles. The van der Waals surface area contributed by atoms with Gasteiger partial charge in [-0.1, -0.05) is 0 Å². The van der Waals surface area contributed by atoms with Crippen molar-refractivity contribution in [2.45, 2.75) is 6.92 Å². The summed E-state index contributed by atoms with van der Waals surface area (Å²) in [5.41, 5.74) is 2.44. The van der Waals surface area contributed by atoms with E-state index in [1.165, 1.54) is 33.5 Å². The number of carbonyl (C=O) groups excluding carboxylic acids is 1. The average Bonchev–Trinajstić information content (AvgIpc) is 3.07. The van der Waals surface area contributed by atoms with Gasteiger partial charge in [0.1, 0.15) is 5.82 Å². The highest BCUT2D eigenvalue weighted by Crippen LogP contribution is 2.38. The van der Waals surface area contributed by atoms with Crippen molar-refractivity contribution in [3.8, 4) is 17.2 Å². The van der Waals surface area contributed by atoms with Gasteiger partial charge in [-0.15, -0.1) is 0 Å². The summed E-state index contributed by atoms with van der Waals surface area (Å²) in [5.74, 6) is 0.708. The zero-order valence-electron chi connectivity index (χ0n) is 15.6. The lowest BCUT2D eigenvalue weighted by molar-refractivity contribution is 0.103. The Balaban J connectivity index is 2.02. The molecule has 3 aromatic rings. The lowest BCUT2D eigenvalue weighted by atomic mass is 10.0. The zero-order valence-corrected chi connectivity index (χ0v) is 15.6. The average molecular weight is 369 g/mol. The summed E-state index contributed by atoms with van der Waals surface area (Å²) >= 11 is 0. The molecule has 1 aromatic heterocycles. The maximum atomic E-state index is 13.6. The molecule has 0 fully saturated rings. The van der Waals surface area contributed by atoms with Crippen molar-refractivity contribution in [1.82, 2.24) is 4.98 Å². The number of halogens is 1. The number of H-pyrrole nitrogens is 1. The molecule has 0 aliphatic rings. The third-order valence-corrected chi connectivity index (χ3v) is 4.33. The van der Waals surface area contributed by atoms with Gasteiger partial charge in [0.15, 0.2) is 17.3 Å². The van der Waals surface area contributed by atoms with Crippen LogP contribution < -0.4 is 14.2 Å². The van der Waals surface area contributed by atoms with E-state index in [2.05, 4.69) is 4.98 Å². The van der Waals surface area contributed by atoms with E-state index in [1.54, 1.807) is 37.4 Å². The number of hydrogen-bond acceptors (Lipinski definition) is 4. The predicted molar refractivity (Wildman–Crippen MR) is 102 cm³/mol. The monoisotopic (exact) mass is 369 g/mol. The minimum atomic E-state index is -0.328. The number of aromatic amines is 1. The summed E-state index contributed by atoms with van der Waals surface area (Å²) in [6.07, 6.45) is 3.47. The quantitative estimate of drug-likeness (QED) is 0.509. The molecule has 0 spiro atoms. The van der Waals surface area contributed by atoms with Gasteiger partial charge in [0, 0.05) is 28.2 Å². The highest BCUT2D eigenvalue weighted by Gasteiger charge is 2.18. The summed E-state index contributed by atoms with van der Waals surface area (Å²) in [5, 5.41) is 0.715. The molecule has 0 bridgehead atoms. The molecule has 0 amide bonds. The molecular formula is C21H20FNO4. The molecule has 0 unspecified atom stereocenters. The van der Waals surface area contributed by atoms with Gasteiger partial charge < -0.3 is 19.2 Å². The van der Waals surface area contributed by atoms with Crippen molar-refractivity contribution in [3.63, 3.8) is 0 Å². The molecule has 0 atom stereocenters. The first kappa shape index (κ1) is 18.5. The number of aromatic nitrogens is 1. The summed E-state index contributed by atoms with van der Waals surface area (Å²) in [6, 6.07) is 7.71. The number of ether oxygens (including phenoxy) is 3. The van der Waals surface area contributed by atoms with E-state index in [-0.39, 0.29) is 11.6 Å². The van der Waals surface area contributed by atoms with Crippen LogP contribution in [0.2, 0.25) is 0 Å². The first-order chi connectivity index (χ1) is 13.0. The standard InChI is InChI=1S/C21H20FNO4/c1-12(7-14-11-23-17-6-5-15(22)10-16(14)17)20(24)13-8-18(25-2)21(27-4)19(9-13)26-3/h5-11,23H,1-4H3. The minimum absolute atomic E-state index is 0.194. The van der Waals surface area contributed by atoms with Crippen molar-refractivity contribution in [1.29, 1.82) is 0 Å². The van der Waals surface area contributed by atoms with E-state index in [0.29, 0.717) is 33.8 Å². The number of nitrogens with one attached hydrogen (secondary N) is 1. The first-order valence-corrected chi connectivity index (χ1v) is 8.28. The second-order valence-electron chi connectivity index (χ2n) is 6.00. The number of Topliss-reactive ketones (excluding diaryl/α,β-unsaturated/α-hetero) is 1. The smallest absolute Gasteiger partial charge is 0.203 e. The Hall–Kier alpha value is -3.28. The van der Waals surface area contributed by atoms with Gasteiger partial charge in [-0.3, -0.25) is 4.79 Å². The van der Waals surface area contributed by atoms with E-state index in [1.807, 2.05) is 0 Å². The van der Waals surface area contributed by atoms with Crippen molar-refractivity contribution < 1.29 is 23.4 Å². The Morgan fingerprint density at radius 2 is 1.70 bits per heavy atom. The van der Waals surface area contributed by atoms with E-state index >= 15 is 0 Å². The highest BCUT2D eigenvalue weighted by molar-refractivity contribution is 6.12. The number of rotatable bonds is 6. The van der Waals surface area contributed by atoms with Crippen LogP contribution in [0.25, 0.3) is 17.0 Å². The lowest BCUT2D eigenvalue weighted by Crippen LogP contribution is -2.03.